The lowest BCUT2D eigenvalue weighted by atomic mass is 9.85. The first kappa shape index (κ1) is 21.9. The average Bonchev–Trinajstić information content (AvgIpc) is 3.42. The summed E-state index contributed by atoms with van der Waals surface area (Å²) in [5.41, 5.74) is 3.12. The fourth-order valence-electron chi connectivity index (χ4n) is 6.24. The normalized spacial score (nSPS) is 22.8. The standard InChI is InChI=1S/C27H30N6O2/c28-15-17-6-4-5-9-22(17)33-23-12-13-29-26(34)24(23)25(31-33)30-19-10-11-21-18(14-19)16-32(27(21)35)20-7-2-1-3-8-20/h10-14,17,20,22H,1-9,16H2,(H,29,34)(H,30,31). The number of aromatic nitrogens is 3. The van der Waals surface area contributed by atoms with Gasteiger partial charge in [-0.1, -0.05) is 32.1 Å². The number of carbonyl (C=O) groups excluding carboxylic acids is 1. The van der Waals surface area contributed by atoms with Gasteiger partial charge in [0, 0.05) is 30.0 Å². The monoisotopic (exact) mass is 470 g/mol. The first-order valence-corrected chi connectivity index (χ1v) is 12.8. The smallest absolute Gasteiger partial charge is 0.261 e. The summed E-state index contributed by atoms with van der Waals surface area (Å²) in [6.07, 6.45) is 11.3. The fraction of sp³-hybridized carbons (Fsp3) is 0.481. The van der Waals surface area contributed by atoms with Crippen molar-refractivity contribution in [1.29, 1.82) is 5.26 Å². The van der Waals surface area contributed by atoms with Crippen LogP contribution in [-0.4, -0.2) is 31.6 Å². The highest BCUT2D eigenvalue weighted by Crippen LogP contribution is 2.37. The van der Waals surface area contributed by atoms with Crippen LogP contribution in [-0.2, 0) is 6.54 Å². The van der Waals surface area contributed by atoms with E-state index in [-0.39, 0.29) is 23.4 Å². The van der Waals surface area contributed by atoms with E-state index in [1.807, 2.05) is 33.8 Å². The van der Waals surface area contributed by atoms with E-state index in [1.54, 1.807) is 6.20 Å². The minimum absolute atomic E-state index is 0.0460. The van der Waals surface area contributed by atoms with Gasteiger partial charge >= 0.3 is 0 Å². The number of nitrogens with one attached hydrogen (secondary N) is 2. The largest absolute Gasteiger partial charge is 0.338 e. The number of hydrogen-bond donors (Lipinski definition) is 2. The maximum Gasteiger partial charge on any atom is 0.261 e. The summed E-state index contributed by atoms with van der Waals surface area (Å²) in [7, 11) is 0. The van der Waals surface area contributed by atoms with E-state index in [1.165, 1.54) is 19.3 Å². The second-order valence-electron chi connectivity index (χ2n) is 10.2. The number of rotatable bonds is 4. The van der Waals surface area contributed by atoms with Gasteiger partial charge in [-0.2, -0.15) is 10.4 Å². The lowest BCUT2D eigenvalue weighted by Crippen LogP contribution is -2.36. The van der Waals surface area contributed by atoms with Gasteiger partial charge in [-0.3, -0.25) is 14.3 Å². The highest BCUT2D eigenvalue weighted by Gasteiger charge is 2.34. The van der Waals surface area contributed by atoms with Crippen LogP contribution in [0.2, 0.25) is 0 Å². The molecule has 2 fully saturated rings. The lowest BCUT2D eigenvalue weighted by Gasteiger charge is -2.30. The minimum atomic E-state index is -0.208. The molecule has 0 saturated heterocycles. The molecule has 2 saturated carbocycles. The van der Waals surface area contributed by atoms with E-state index in [0.29, 0.717) is 23.8 Å². The van der Waals surface area contributed by atoms with Crippen LogP contribution in [0.3, 0.4) is 0 Å². The first-order chi connectivity index (χ1) is 17.1. The Morgan fingerprint density at radius 3 is 2.66 bits per heavy atom. The Kier molecular flexibility index (Phi) is 5.56. The fourth-order valence-corrected chi connectivity index (χ4v) is 6.24. The molecule has 8 heteroatoms. The van der Waals surface area contributed by atoms with Crippen molar-refractivity contribution in [3.63, 3.8) is 0 Å². The van der Waals surface area contributed by atoms with E-state index < -0.39 is 0 Å². The molecule has 0 spiro atoms. The van der Waals surface area contributed by atoms with E-state index in [9.17, 15) is 14.9 Å². The summed E-state index contributed by atoms with van der Waals surface area (Å²) in [5.74, 6) is 0.498. The molecule has 35 heavy (non-hydrogen) atoms. The zero-order valence-corrected chi connectivity index (χ0v) is 19.8. The SMILES string of the molecule is N#CC1CCCCC1n1nc(Nc2ccc3c(c2)CN(C2CCCCC2)C3=O)c2c(=O)[nH]ccc21. The Hall–Kier alpha value is -3.60. The molecule has 8 nitrogen and oxygen atoms in total. The van der Waals surface area contributed by atoms with Crippen LogP contribution >= 0.6 is 0 Å². The van der Waals surface area contributed by atoms with E-state index in [0.717, 1.165) is 60.9 Å². The first-order valence-electron chi connectivity index (χ1n) is 12.8. The van der Waals surface area contributed by atoms with E-state index >= 15 is 0 Å². The van der Waals surface area contributed by atoms with Crippen LogP contribution in [0.25, 0.3) is 10.9 Å². The minimum Gasteiger partial charge on any atom is -0.338 e. The maximum atomic E-state index is 13.0. The van der Waals surface area contributed by atoms with Crippen molar-refractivity contribution in [1.82, 2.24) is 19.7 Å². The van der Waals surface area contributed by atoms with Gasteiger partial charge in [0.05, 0.1) is 23.5 Å². The summed E-state index contributed by atoms with van der Waals surface area (Å²) < 4.78 is 1.88. The third kappa shape index (κ3) is 3.79. The van der Waals surface area contributed by atoms with Crippen molar-refractivity contribution in [3.05, 3.63) is 51.9 Å². The van der Waals surface area contributed by atoms with E-state index in [4.69, 9.17) is 5.10 Å². The number of nitriles is 1. The summed E-state index contributed by atoms with van der Waals surface area (Å²) in [4.78, 5) is 30.7. The molecule has 3 heterocycles. The number of pyridine rings is 1. The van der Waals surface area contributed by atoms with Crippen molar-refractivity contribution in [2.24, 2.45) is 5.92 Å². The van der Waals surface area contributed by atoms with Gasteiger partial charge in [0.2, 0.25) is 0 Å². The van der Waals surface area contributed by atoms with Crippen molar-refractivity contribution < 1.29 is 4.79 Å². The van der Waals surface area contributed by atoms with Gasteiger partial charge in [0.25, 0.3) is 11.5 Å². The summed E-state index contributed by atoms with van der Waals surface area (Å²) in [6.45, 7) is 0.635. The number of aromatic amines is 1. The average molecular weight is 471 g/mol. The molecule has 3 aromatic rings. The van der Waals surface area contributed by atoms with Crippen molar-refractivity contribution >= 4 is 28.3 Å². The molecule has 180 valence electrons. The van der Waals surface area contributed by atoms with Gasteiger partial charge in [-0.15, -0.1) is 0 Å². The van der Waals surface area contributed by atoms with Gasteiger partial charge in [0.15, 0.2) is 5.82 Å². The number of anilines is 2. The molecular formula is C27H30N6O2. The molecule has 2 aliphatic carbocycles. The van der Waals surface area contributed by atoms with Crippen LogP contribution < -0.4 is 10.9 Å². The zero-order chi connectivity index (χ0) is 23.9. The number of amides is 1. The molecule has 1 aliphatic heterocycles. The molecule has 2 atom stereocenters. The maximum absolute atomic E-state index is 13.0. The van der Waals surface area contributed by atoms with Crippen LogP contribution in [0.5, 0.6) is 0 Å². The Labute approximate surface area is 203 Å². The molecule has 0 bridgehead atoms. The molecule has 0 radical (unpaired) electrons. The number of carbonyl (C=O) groups is 1. The van der Waals surface area contributed by atoms with E-state index in [2.05, 4.69) is 16.4 Å². The molecule has 1 aromatic carbocycles. The number of nitrogens with zero attached hydrogens (tertiary/aromatic N) is 4. The molecule has 2 aromatic heterocycles. The third-order valence-corrected chi connectivity index (χ3v) is 8.06. The molecule has 2 N–H and O–H groups in total. The number of fused-ring (bicyclic) bond motifs is 2. The zero-order valence-electron chi connectivity index (χ0n) is 19.8. The molecule has 3 aliphatic rings. The summed E-state index contributed by atoms with van der Waals surface area (Å²) >= 11 is 0. The highest BCUT2D eigenvalue weighted by molar-refractivity contribution is 5.99. The van der Waals surface area contributed by atoms with Crippen LogP contribution in [0.4, 0.5) is 11.5 Å². The summed E-state index contributed by atoms with van der Waals surface area (Å²) in [5, 5.41) is 18.4. The topological polar surface area (TPSA) is 107 Å². The Morgan fingerprint density at radius 1 is 1.03 bits per heavy atom. The lowest BCUT2D eigenvalue weighted by molar-refractivity contribution is 0.0660. The van der Waals surface area contributed by atoms with Crippen molar-refractivity contribution in [3.8, 4) is 6.07 Å². The number of benzene rings is 1. The molecule has 6 rings (SSSR count). The summed E-state index contributed by atoms with van der Waals surface area (Å²) in [6, 6.07) is 10.4. The Balaban J connectivity index is 1.33. The van der Waals surface area contributed by atoms with Crippen LogP contribution in [0.1, 0.15) is 79.8 Å². The number of H-pyrrole nitrogens is 1. The number of hydrogen-bond acceptors (Lipinski definition) is 5. The van der Waals surface area contributed by atoms with Crippen molar-refractivity contribution in [2.75, 3.05) is 5.32 Å². The quantitative estimate of drug-likeness (QED) is 0.557. The predicted molar refractivity (Wildman–Crippen MR) is 133 cm³/mol. The third-order valence-electron chi connectivity index (χ3n) is 8.06. The predicted octanol–water partition coefficient (Wildman–Crippen LogP) is 5.01. The van der Waals surface area contributed by atoms with Crippen molar-refractivity contribution in [2.45, 2.75) is 76.4 Å². The Bertz CT molecular complexity index is 1380. The van der Waals surface area contributed by atoms with Crippen LogP contribution in [0.15, 0.2) is 35.3 Å². The molecule has 2 unspecified atom stereocenters. The van der Waals surface area contributed by atoms with Gasteiger partial charge in [-0.05, 0) is 55.5 Å². The molecular weight excluding hydrogens is 440 g/mol. The van der Waals surface area contributed by atoms with Crippen LogP contribution in [0, 0.1) is 17.2 Å². The van der Waals surface area contributed by atoms with Gasteiger partial charge < -0.3 is 15.2 Å². The van der Waals surface area contributed by atoms with Gasteiger partial charge in [-0.25, -0.2) is 0 Å². The second-order valence-corrected chi connectivity index (χ2v) is 10.2. The molecule has 1 amide bonds. The second kappa shape index (κ2) is 8.88. The van der Waals surface area contributed by atoms with Gasteiger partial charge in [0.1, 0.15) is 5.39 Å². The highest BCUT2D eigenvalue weighted by atomic mass is 16.2. The Morgan fingerprint density at radius 2 is 1.83 bits per heavy atom.